The van der Waals surface area contributed by atoms with Gasteiger partial charge in [-0.15, -0.1) is 17.0 Å². The molecule has 1 aliphatic carbocycles. The third-order valence-electron chi connectivity index (χ3n) is 3.02. The summed E-state index contributed by atoms with van der Waals surface area (Å²) in [6, 6.07) is 0. The first-order valence-electron chi connectivity index (χ1n) is 5.36. The summed E-state index contributed by atoms with van der Waals surface area (Å²) in [5, 5.41) is 20.4. The Kier molecular flexibility index (Phi) is 5.61. The van der Waals surface area contributed by atoms with Crippen LogP contribution in [0.5, 0.6) is 0 Å². The van der Waals surface area contributed by atoms with Gasteiger partial charge in [-0.2, -0.15) is 0 Å². The number of carbonyl (C=O) groups is 2. The molecule has 5 nitrogen and oxygen atoms in total. The molecule has 0 amide bonds. The molecule has 0 aromatic carbocycles. The van der Waals surface area contributed by atoms with Crippen molar-refractivity contribution in [1.29, 1.82) is 0 Å². The van der Waals surface area contributed by atoms with Gasteiger partial charge in [0.25, 0.3) is 0 Å². The highest BCUT2D eigenvalue weighted by Gasteiger charge is 2.54. The maximum absolute atomic E-state index is 11.5. The van der Waals surface area contributed by atoms with E-state index in [9.17, 15) is 19.8 Å². The standard InChI is InChI=1S/C12H17NO4.BrH/c1-8(14)11(16)5-3-10(4-6-13)7-12(11,17)9(2)15;/h3,5,7,16-17H,4,6,13H2,1-2H3;1H. The van der Waals surface area contributed by atoms with Crippen molar-refractivity contribution in [2.75, 3.05) is 6.54 Å². The number of hydrogen-bond acceptors (Lipinski definition) is 5. The predicted molar refractivity (Wildman–Crippen MR) is 72.5 cm³/mol. The third kappa shape index (κ3) is 2.61. The fourth-order valence-corrected chi connectivity index (χ4v) is 1.86. The molecular weight excluding hydrogens is 302 g/mol. The summed E-state index contributed by atoms with van der Waals surface area (Å²) in [6.45, 7) is 2.60. The van der Waals surface area contributed by atoms with Crippen LogP contribution in [0.2, 0.25) is 0 Å². The van der Waals surface area contributed by atoms with Crippen LogP contribution in [0.1, 0.15) is 20.3 Å². The van der Waals surface area contributed by atoms with Gasteiger partial charge in [0.15, 0.2) is 22.8 Å². The van der Waals surface area contributed by atoms with Crippen LogP contribution in [0.3, 0.4) is 0 Å². The number of allylic oxidation sites excluding steroid dienone is 1. The van der Waals surface area contributed by atoms with Crippen LogP contribution in [0, 0.1) is 0 Å². The molecule has 4 N–H and O–H groups in total. The lowest BCUT2D eigenvalue weighted by molar-refractivity contribution is -0.162. The molecule has 0 aliphatic heterocycles. The molecule has 0 saturated heterocycles. The monoisotopic (exact) mass is 319 g/mol. The van der Waals surface area contributed by atoms with Crippen LogP contribution >= 0.6 is 17.0 Å². The van der Waals surface area contributed by atoms with E-state index >= 15 is 0 Å². The lowest BCUT2D eigenvalue weighted by Crippen LogP contribution is -2.61. The first-order chi connectivity index (χ1) is 7.78. The molecule has 102 valence electrons. The van der Waals surface area contributed by atoms with Crippen molar-refractivity contribution in [2.24, 2.45) is 5.73 Å². The van der Waals surface area contributed by atoms with Crippen LogP contribution in [-0.2, 0) is 9.59 Å². The maximum Gasteiger partial charge on any atom is 0.180 e. The second-order valence-electron chi connectivity index (χ2n) is 4.24. The molecule has 6 heteroatoms. The van der Waals surface area contributed by atoms with E-state index < -0.39 is 22.8 Å². The predicted octanol–water partition coefficient (Wildman–Crippen LogP) is 0.0495. The molecule has 0 heterocycles. The van der Waals surface area contributed by atoms with E-state index in [0.29, 0.717) is 18.5 Å². The van der Waals surface area contributed by atoms with Gasteiger partial charge < -0.3 is 15.9 Å². The molecule has 0 aromatic heterocycles. The number of rotatable bonds is 4. The van der Waals surface area contributed by atoms with E-state index in [1.54, 1.807) is 0 Å². The zero-order valence-electron chi connectivity index (χ0n) is 10.3. The van der Waals surface area contributed by atoms with Crippen molar-refractivity contribution >= 4 is 28.5 Å². The van der Waals surface area contributed by atoms with Crippen LogP contribution in [-0.4, -0.2) is 39.5 Å². The van der Waals surface area contributed by atoms with Gasteiger partial charge in [0.1, 0.15) is 0 Å². The summed E-state index contributed by atoms with van der Waals surface area (Å²) in [6.07, 6.45) is 4.33. The Morgan fingerprint density at radius 2 is 1.72 bits per heavy atom. The number of halogens is 1. The molecule has 0 spiro atoms. The third-order valence-corrected chi connectivity index (χ3v) is 3.02. The number of hydrogen-bond donors (Lipinski definition) is 3. The topological polar surface area (TPSA) is 101 Å². The molecule has 2 unspecified atom stereocenters. The lowest BCUT2D eigenvalue weighted by atomic mass is 9.73. The van der Waals surface area contributed by atoms with Crippen LogP contribution in [0.4, 0.5) is 0 Å². The van der Waals surface area contributed by atoms with Crippen LogP contribution in [0.15, 0.2) is 23.8 Å². The fourth-order valence-electron chi connectivity index (χ4n) is 1.86. The van der Waals surface area contributed by atoms with E-state index in [-0.39, 0.29) is 17.0 Å². The van der Waals surface area contributed by atoms with Crippen LogP contribution < -0.4 is 5.73 Å². The van der Waals surface area contributed by atoms with E-state index in [1.165, 1.54) is 12.2 Å². The highest BCUT2D eigenvalue weighted by atomic mass is 79.9. The summed E-state index contributed by atoms with van der Waals surface area (Å²) in [7, 11) is 0. The smallest absolute Gasteiger partial charge is 0.180 e. The van der Waals surface area contributed by atoms with E-state index in [1.807, 2.05) is 0 Å². The van der Waals surface area contributed by atoms with Gasteiger partial charge in [-0.25, -0.2) is 0 Å². The quantitative estimate of drug-likeness (QED) is 0.679. The Bertz CT molecular complexity index is 418. The van der Waals surface area contributed by atoms with Crippen LogP contribution in [0.25, 0.3) is 0 Å². The molecule has 0 aromatic rings. The van der Waals surface area contributed by atoms with E-state index in [4.69, 9.17) is 5.73 Å². The highest BCUT2D eigenvalue weighted by Crippen LogP contribution is 2.33. The summed E-state index contributed by atoms with van der Waals surface area (Å²) < 4.78 is 0. The number of Topliss-reactive ketones (excluding diaryl/α,β-unsaturated/α-hetero) is 2. The van der Waals surface area contributed by atoms with Gasteiger partial charge in [0.2, 0.25) is 0 Å². The lowest BCUT2D eigenvalue weighted by Gasteiger charge is -2.38. The molecule has 0 bridgehead atoms. The molecule has 1 rings (SSSR count). The summed E-state index contributed by atoms with van der Waals surface area (Å²) in [5.74, 6) is -1.37. The first-order valence-corrected chi connectivity index (χ1v) is 5.36. The molecular formula is C12H18BrNO4. The normalized spacial score (nSPS) is 30.4. The number of ketones is 2. The Morgan fingerprint density at radius 3 is 2.11 bits per heavy atom. The first kappa shape index (κ1) is 17.2. The van der Waals surface area contributed by atoms with Crippen molar-refractivity contribution in [3.05, 3.63) is 23.8 Å². The van der Waals surface area contributed by atoms with Crippen molar-refractivity contribution in [3.63, 3.8) is 0 Å². The second-order valence-corrected chi connectivity index (χ2v) is 4.24. The molecule has 2 atom stereocenters. The van der Waals surface area contributed by atoms with Gasteiger partial charge in [-0.3, -0.25) is 9.59 Å². The Balaban J connectivity index is 0.00000289. The van der Waals surface area contributed by atoms with E-state index in [2.05, 4.69) is 0 Å². The Labute approximate surface area is 116 Å². The highest BCUT2D eigenvalue weighted by molar-refractivity contribution is 8.93. The maximum atomic E-state index is 11.5. The van der Waals surface area contributed by atoms with Crippen molar-refractivity contribution < 1.29 is 19.8 Å². The molecule has 1 aliphatic rings. The van der Waals surface area contributed by atoms with Gasteiger partial charge in [0, 0.05) is 0 Å². The van der Waals surface area contributed by atoms with E-state index in [0.717, 1.165) is 19.9 Å². The SMILES string of the molecule is Br.CC(=O)C1(O)C=CC(CCN)=CC1(O)C(C)=O. The average Bonchev–Trinajstić information content (AvgIpc) is 2.23. The second kappa shape index (κ2) is 5.88. The Morgan fingerprint density at radius 1 is 1.22 bits per heavy atom. The zero-order chi connectivity index (χ0) is 13.3. The van der Waals surface area contributed by atoms with Gasteiger partial charge in [-0.05, 0) is 44.5 Å². The average molecular weight is 320 g/mol. The van der Waals surface area contributed by atoms with Gasteiger partial charge >= 0.3 is 0 Å². The van der Waals surface area contributed by atoms with Crippen molar-refractivity contribution in [1.82, 2.24) is 0 Å². The zero-order valence-corrected chi connectivity index (χ0v) is 12.1. The van der Waals surface area contributed by atoms with Crippen molar-refractivity contribution in [2.45, 2.75) is 31.5 Å². The number of aliphatic hydroxyl groups is 2. The van der Waals surface area contributed by atoms with Crippen molar-refractivity contribution in [3.8, 4) is 0 Å². The minimum absolute atomic E-state index is 0. The number of carbonyl (C=O) groups excluding carboxylic acids is 2. The molecule has 18 heavy (non-hydrogen) atoms. The molecule has 0 radical (unpaired) electrons. The minimum atomic E-state index is -2.21. The van der Waals surface area contributed by atoms with Gasteiger partial charge in [-0.1, -0.05) is 6.08 Å². The summed E-state index contributed by atoms with van der Waals surface area (Å²) >= 11 is 0. The Hall–Kier alpha value is -0.820. The largest absolute Gasteiger partial charge is 0.374 e. The summed E-state index contributed by atoms with van der Waals surface area (Å²) in [4.78, 5) is 23.0. The minimum Gasteiger partial charge on any atom is -0.374 e. The molecule has 0 saturated carbocycles. The summed E-state index contributed by atoms with van der Waals surface area (Å²) in [5.41, 5.74) is 1.59. The van der Waals surface area contributed by atoms with Gasteiger partial charge in [0.05, 0.1) is 0 Å². The number of nitrogens with two attached hydrogens (primary N) is 1. The fraction of sp³-hybridized carbons (Fsp3) is 0.500. The molecule has 0 fully saturated rings.